The largest absolute Gasteiger partial charge is 0.497 e. The summed E-state index contributed by atoms with van der Waals surface area (Å²) in [5.41, 5.74) is 6.43. The van der Waals surface area contributed by atoms with Crippen molar-refractivity contribution < 1.29 is 4.74 Å². The van der Waals surface area contributed by atoms with Crippen LogP contribution in [0.2, 0.25) is 0 Å². The second-order valence-corrected chi connectivity index (χ2v) is 5.14. The average Bonchev–Trinajstić information content (AvgIpc) is 2.89. The molecule has 0 saturated carbocycles. The number of allylic oxidation sites excluding steroid dienone is 2. The van der Waals surface area contributed by atoms with Crippen molar-refractivity contribution in [3.8, 4) is 5.75 Å². The zero-order valence-corrected chi connectivity index (χ0v) is 12.6. The Kier molecular flexibility index (Phi) is 5.12. The molecule has 106 valence electrons. The Morgan fingerprint density at radius 1 is 1.30 bits per heavy atom. The van der Waals surface area contributed by atoms with Gasteiger partial charge in [0.1, 0.15) is 5.75 Å². The molecule has 0 heterocycles. The van der Waals surface area contributed by atoms with Gasteiger partial charge in [-0.15, -0.1) is 0 Å². The molecular formula is C15H19N3OS. The Bertz CT molecular complexity index is 535. The van der Waals surface area contributed by atoms with Gasteiger partial charge in [-0.3, -0.25) is 5.43 Å². The molecule has 20 heavy (non-hydrogen) atoms. The molecule has 0 amide bonds. The van der Waals surface area contributed by atoms with Gasteiger partial charge in [0.25, 0.3) is 0 Å². The highest BCUT2D eigenvalue weighted by Gasteiger charge is 2.06. The van der Waals surface area contributed by atoms with E-state index in [2.05, 4.69) is 28.8 Å². The van der Waals surface area contributed by atoms with Crippen LogP contribution in [0.1, 0.15) is 25.3 Å². The number of hydrogen-bond acceptors (Lipinski definition) is 3. The molecule has 0 fully saturated rings. The molecule has 1 aromatic rings. The van der Waals surface area contributed by atoms with Gasteiger partial charge in [-0.25, -0.2) is 0 Å². The van der Waals surface area contributed by atoms with Crippen molar-refractivity contribution >= 4 is 23.0 Å². The maximum Gasteiger partial charge on any atom is 0.187 e. The zero-order chi connectivity index (χ0) is 14.4. The Labute approximate surface area is 124 Å². The molecule has 0 saturated heterocycles. The fourth-order valence-electron chi connectivity index (χ4n) is 1.93. The lowest BCUT2D eigenvalue weighted by Gasteiger charge is -2.08. The van der Waals surface area contributed by atoms with Gasteiger partial charge >= 0.3 is 0 Å². The van der Waals surface area contributed by atoms with E-state index < -0.39 is 0 Å². The first-order chi connectivity index (χ1) is 9.67. The molecule has 0 radical (unpaired) electrons. The third kappa shape index (κ3) is 4.35. The van der Waals surface area contributed by atoms with Gasteiger partial charge in [0.15, 0.2) is 5.11 Å². The molecule has 0 atom stereocenters. The second-order valence-electron chi connectivity index (χ2n) is 4.74. The summed E-state index contributed by atoms with van der Waals surface area (Å²) < 4.78 is 5.12. The minimum absolute atomic E-state index is 0.534. The van der Waals surface area contributed by atoms with Gasteiger partial charge in [-0.2, -0.15) is 5.10 Å². The lowest BCUT2D eigenvalue weighted by molar-refractivity contribution is 0.414. The molecule has 1 aliphatic carbocycles. The molecule has 0 spiro atoms. The van der Waals surface area contributed by atoms with Crippen LogP contribution in [0.4, 0.5) is 0 Å². The van der Waals surface area contributed by atoms with Crippen molar-refractivity contribution in [2.24, 2.45) is 5.10 Å². The van der Waals surface area contributed by atoms with Crippen LogP contribution in [0.15, 0.2) is 41.0 Å². The van der Waals surface area contributed by atoms with E-state index in [1.807, 2.05) is 24.3 Å². The third-order valence-electron chi connectivity index (χ3n) is 3.10. The lowest BCUT2D eigenvalue weighted by Crippen LogP contribution is -2.31. The maximum absolute atomic E-state index is 5.19. The molecule has 0 aliphatic heterocycles. The number of benzene rings is 1. The fourth-order valence-corrected chi connectivity index (χ4v) is 2.05. The number of hydrazone groups is 1. The smallest absolute Gasteiger partial charge is 0.187 e. The number of thiocarbonyl (C=S) groups is 1. The van der Waals surface area contributed by atoms with Gasteiger partial charge in [0.2, 0.25) is 0 Å². The summed E-state index contributed by atoms with van der Waals surface area (Å²) in [6.45, 7) is 2.78. The van der Waals surface area contributed by atoms with E-state index in [4.69, 9.17) is 17.0 Å². The molecule has 4 nitrogen and oxygen atoms in total. The van der Waals surface area contributed by atoms with Gasteiger partial charge in [-0.05, 0) is 55.8 Å². The number of rotatable bonds is 4. The number of ether oxygens (including phenoxy) is 1. The molecule has 2 rings (SSSR count). The first-order valence-corrected chi connectivity index (χ1v) is 6.98. The minimum atomic E-state index is 0.534. The molecule has 1 aromatic carbocycles. The van der Waals surface area contributed by atoms with Gasteiger partial charge < -0.3 is 10.1 Å². The summed E-state index contributed by atoms with van der Waals surface area (Å²) in [6, 6.07) is 7.87. The topological polar surface area (TPSA) is 45.6 Å². The third-order valence-corrected chi connectivity index (χ3v) is 3.34. The van der Waals surface area contributed by atoms with Crippen molar-refractivity contribution in [1.29, 1.82) is 0 Å². The highest BCUT2D eigenvalue weighted by Crippen LogP contribution is 2.14. The van der Waals surface area contributed by atoms with Gasteiger partial charge in [0.05, 0.1) is 12.8 Å². The summed E-state index contributed by atoms with van der Waals surface area (Å²) in [4.78, 5) is 0. The van der Waals surface area contributed by atoms with Crippen LogP contribution >= 0.6 is 12.2 Å². The average molecular weight is 289 g/mol. The molecule has 0 aromatic heterocycles. The van der Waals surface area contributed by atoms with E-state index in [9.17, 15) is 0 Å². The molecule has 1 aliphatic rings. The van der Waals surface area contributed by atoms with Crippen LogP contribution in [0, 0.1) is 0 Å². The molecule has 5 heteroatoms. The normalized spacial score (nSPS) is 15.9. The highest BCUT2D eigenvalue weighted by molar-refractivity contribution is 7.80. The molecule has 2 N–H and O–H groups in total. The number of nitrogens with one attached hydrogen (secondary N) is 2. The minimum Gasteiger partial charge on any atom is -0.497 e. The Morgan fingerprint density at radius 2 is 2.05 bits per heavy atom. The SMILES string of the molecule is COc1ccc(CNC(=S)N/N=C2\C=C(C)CC2)cc1. The van der Waals surface area contributed by atoms with Crippen LogP contribution < -0.4 is 15.5 Å². The quantitative estimate of drug-likeness (QED) is 0.661. The van der Waals surface area contributed by atoms with E-state index in [1.165, 1.54) is 5.57 Å². The van der Waals surface area contributed by atoms with E-state index in [0.29, 0.717) is 11.7 Å². The standard InChI is InChI=1S/C15H19N3OS/c1-11-3-6-13(9-11)17-18-15(20)16-10-12-4-7-14(19-2)8-5-12/h4-5,7-9H,3,6,10H2,1-2H3,(H2,16,18,20)/b17-13-. The Morgan fingerprint density at radius 3 is 2.65 bits per heavy atom. The van der Waals surface area contributed by atoms with E-state index in [0.717, 1.165) is 29.9 Å². The van der Waals surface area contributed by atoms with Gasteiger partial charge in [-0.1, -0.05) is 17.7 Å². The van der Waals surface area contributed by atoms with Crippen molar-refractivity contribution in [3.63, 3.8) is 0 Å². The van der Waals surface area contributed by atoms with Crippen molar-refractivity contribution in [1.82, 2.24) is 10.7 Å². The van der Waals surface area contributed by atoms with Crippen LogP contribution in [-0.4, -0.2) is 17.9 Å². The predicted molar refractivity (Wildman–Crippen MR) is 86.0 cm³/mol. The molecule has 0 bridgehead atoms. The van der Waals surface area contributed by atoms with Crippen LogP contribution in [0.25, 0.3) is 0 Å². The van der Waals surface area contributed by atoms with Crippen molar-refractivity contribution in [2.75, 3.05) is 7.11 Å². The molecule has 0 unspecified atom stereocenters. The highest BCUT2D eigenvalue weighted by atomic mass is 32.1. The van der Waals surface area contributed by atoms with Crippen LogP contribution in [-0.2, 0) is 6.54 Å². The summed E-state index contributed by atoms with van der Waals surface area (Å²) in [6.07, 6.45) is 4.17. The first-order valence-electron chi connectivity index (χ1n) is 6.58. The Balaban J connectivity index is 1.77. The summed E-state index contributed by atoms with van der Waals surface area (Å²) in [5, 5.41) is 7.94. The number of hydrogen-bond donors (Lipinski definition) is 2. The monoisotopic (exact) mass is 289 g/mol. The lowest BCUT2D eigenvalue weighted by atomic mass is 10.2. The second kappa shape index (κ2) is 7.05. The van der Waals surface area contributed by atoms with Gasteiger partial charge in [0, 0.05) is 6.54 Å². The van der Waals surface area contributed by atoms with Crippen molar-refractivity contribution in [3.05, 3.63) is 41.5 Å². The number of nitrogens with zero attached hydrogens (tertiary/aromatic N) is 1. The van der Waals surface area contributed by atoms with E-state index >= 15 is 0 Å². The Hall–Kier alpha value is -1.88. The summed E-state index contributed by atoms with van der Waals surface area (Å²) in [7, 11) is 1.66. The van der Waals surface area contributed by atoms with Crippen LogP contribution in [0.5, 0.6) is 5.75 Å². The summed E-state index contributed by atoms with van der Waals surface area (Å²) in [5.74, 6) is 0.851. The molecular weight excluding hydrogens is 270 g/mol. The predicted octanol–water partition coefficient (Wildman–Crippen LogP) is 2.76. The van der Waals surface area contributed by atoms with E-state index in [1.54, 1.807) is 7.11 Å². The van der Waals surface area contributed by atoms with Crippen molar-refractivity contribution in [2.45, 2.75) is 26.3 Å². The first kappa shape index (κ1) is 14.5. The maximum atomic E-state index is 5.19. The van der Waals surface area contributed by atoms with Crippen LogP contribution in [0.3, 0.4) is 0 Å². The zero-order valence-electron chi connectivity index (χ0n) is 11.8. The summed E-state index contributed by atoms with van der Waals surface area (Å²) >= 11 is 5.19. The number of methoxy groups -OCH3 is 1. The fraction of sp³-hybridized carbons (Fsp3) is 0.333. The van der Waals surface area contributed by atoms with E-state index in [-0.39, 0.29) is 0 Å².